The molecular formula is C13H13N3S. The topological polar surface area (TPSA) is 61.8 Å². The van der Waals surface area contributed by atoms with Crippen molar-refractivity contribution in [3.8, 4) is 6.07 Å². The van der Waals surface area contributed by atoms with Gasteiger partial charge in [-0.25, -0.2) is 0 Å². The predicted octanol–water partition coefficient (Wildman–Crippen LogP) is 2.86. The summed E-state index contributed by atoms with van der Waals surface area (Å²) in [6.45, 7) is 0.815. The first-order valence-corrected chi connectivity index (χ1v) is 6.28. The molecule has 0 saturated carbocycles. The summed E-state index contributed by atoms with van der Waals surface area (Å²) in [5, 5.41) is 16.4. The molecule has 0 saturated heterocycles. The van der Waals surface area contributed by atoms with Crippen LogP contribution in [0.2, 0.25) is 0 Å². The molecule has 2 aromatic rings. The van der Waals surface area contributed by atoms with E-state index < -0.39 is 0 Å². The highest BCUT2D eigenvalue weighted by atomic mass is 32.1. The van der Waals surface area contributed by atoms with Crippen molar-refractivity contribution in [1.82, 2.24) is 0 Å². The number of nitrogens with one attached hydrogen (secondary N) is 1. The van der Waals surface area contributed by atoms with E-state index in [4.69, 9.17) is 11.0 Å². The molecule has 0 spiro atoms. The predicted molar refractivity (Wildman–Crippen MR) is 72.1 cm³/mol. The van der Waals surface area contributed by atoms with Crippen LogP contribution >= 0.6 is 11.3 Å². The first kappa shape index (κ1) is 11.5. The van der Waals surface area contributed by atoms with E-state index in [2.05, 4.69) is 28.2 Å². The molecule has 0 aliphatic carbocycles. The third kappa shape index (κ3) is 2.99. The van der Waals surface area contributed by atoms with Crippen LogP contribution in [0.1, 0.15) is 11.1 Å². The van der Waals surface area contributed by atoms with Gasteiger partial charge in [-0.1, -0.05) is 0 Å². The summed E-state index contributed by atoms with van der Waals surface area (Å²) in [6, 6.07) is 9.59. The monoisotopic (exact) mass is 243 g/mol. The zero-order valence-corrected chi connectivity index (χ0v) is 10.1. The Morgan fingerprint density at radius 2 is 2.24 bits per heavy atom. The Hall–Kier alpha value is -1.99. The fourth-order valence-electron chi connectivity index (χ4n) is 1.58. The molecular weight excluding hydrogens is 230 g/mol. The van der Waals surface area contributed by atoms with Gasteiger partial charge in [0, 0.05) is 12.2 Å². The number of nitrogens with zero attached hydrogens (tertiary/aromatic N) is 1. The smallest absolute Gasteiger partial charge is 0.101 e. The lowest BCUT2D eigenvalue weighted by Gasteiger charge is -2.08. The third-order valence-corrected chi connectivity index (χ3v) is 3.21. The van der Waals surface area contributed by atoms with Gasteiger partial charge in [0.15, 0.2) is 0 Å². The van der Waals surface area contributed by atoms with E-state index in [9.17, 15) is 0 Å². The van der Waals surface area contributed by atoms with Crippen molar-refractivity contribution < 1.29 is 0 Å². The van der Waals surface area contributed by atoms with Crippen LogP contribution in [0.3, 0.4) is 0 Å². The van der Waals surface area contributed by atoms with E-state index in [0.717, 1.165) is 18.7 Å². The van der Waals surface area contributed by atoms with Crippen LogP contribution in [0, 0.1) is 11.3 Å². The molecule has 17 heavy (non-hydrogen) atoms. The Morgan fingerprint density at radius 3 is 2.94 bits per heavy atom. The Bertz CT molecular complexity index is 526. The zero-order chi connectivity index (χ0) is 12.1. The van der Waals surface area contributed by atoms with Crippen molar-refractivity contribution in [2.24, 2.45) is 0 Å². The van der Waals surface area contributed by atoms with Gasteiger partial charge in [0.25, 0.3) is 0 Å². The second-order valence-corrected chi connectivity index (χ2v) is 4.51. The number of thiophene rings is 1. The summed E-state index contributed by atoms with van der Waals surface area (Å²) in [5.74, 6) is 0. The highest BCUT2D eigenvalue weighted by molar-refractivity contribution is 7.07. The number of nitriles is 1. The second-order valence-electron chi connectivity index (χ2n) is 3.73. The van der Waals surface area contributed by atoms with Gasteiger partial charge >= 0.3 is 0 Å². The minimum atomic E-state index is 0.593. The molecule has 1 heterocycles. The number of rotatable bonds is 4. The van der Waals surface area contributed by atoms with E-state index >= 15 is 0 Å². The van der Waals surface area contributed by atoms with Crippen molar-refractivity contribution in [1.29, 1.82) is 5.26 Å². The molecule has 0 unspecified atom stereocenters. The lowest BCUT2D eigenvalue weighted by molar-refractivity contribution is 1.03. The molecule has 86 valence electrons. The van der Waals surface area contributed by atoms with Crippen molar-refractivity contribution in [3.63, 3.8) is 0 Å². The quantitative estimate of drug-likeness (QED) is 0.812. The molecule has 0 bridgehead atoms. The van der Waals surface area contributed by atoms with Gasteiger partial charge in [-0.3, -0.25) is 0 Å². The Balaban J connectivity index is 1.97. The maximum atomic E-state index is 8.98. The normalized spacial score (nSPS) is 9.82. The number of nitrogen functional groups attached to an aromatic ring is 1. The fourth-order valence-corrected chi connectivity index (χ4v) is 2.29. The highest BCUT2D eigenvalue weighted by Crippen LogP contribution is 2.18. The van der Waals surface area contributed by atoms with E-state index in [-0.39, 0.29) is 0 Å². The van der Waals surface area contributed by atoms with Crippen LogP contribution < -0.4 is 11.1 Å². The maximum Gasteiger partial charge on any atom is 0.101 e. The van der Waals surface area contributed by atoms with Crippen LogP contribution in [-0.4, -0.2) is 6.54 Å². The Labute approximate surface area is 105 Å². The molecule has 4 heteroatoms. The molecule has 3 nitrogen and oxygen atoms in total. The lowest BCUT2D eigenvalue weighted by Crippen LogP contribution is -2.06. The van der Waals surface area contributed by atoms with Crippen molar-refractivity contribution in [3.05, 3.63) is 46.2 Å². The molecule has 0 amide bonds. The number of nitrogens with two attached hydrogens (primary N) is 1. The summed E-state index contributed by atoms with van der Waals surface area (Å²) < 4.78 is 0. The van der Waals surface area contributed by atoms with Crippen LogP contribution in [-0.2, 0) is 6.42 Å². The molecule has 0 aliphatic heterocycles. The average Bonchev–Trinajstić information content (AvgIpc) is 2.84. The standard InChI is InChI=1S/C13H13N3S/c14-8-11-7-12(15)1-2-13(11)16-5-3-10-4-6-17-9-10/h1-2,4,6-7,9,16H,3,5,15H2. The van der Waals surface area contributed by atoms with Gasteiger partial charge in [-0.2, -0.15) is 16.6 Å². The number of anilines is 2. The first-order chi connectivity index (χ1) is 8.29. The molecule has 3 N–H and O–H groups in total. The molecule has 0 aliphatic rings. The summed E-state index contributed by atoms with van der Waals surface area (Å²) in [5.41, 5.74) is 9.00. The molecule has 0 fully saturated rings. The van der Waals surface area contributed by atoms with E-state index in [1.807, 2.05) is 6.07 Å². The van der Waals surface area contributed by atoms with Gasteiger partial charge < -0.3 is 11.1 Å². The minimum absolute atomic E-state index is 0.593. The largest absolute Gasteiger partial charge is 0.399 e. The third-order valence-electron chi connectivity index (χ3n) is 2.47. The Kier molecular flexibility index (Phi) is 3.63. The summed E-state index contributed by atoms with van der Waals surface area (Å²) in [4.78, 5) is 0. The summed E-state index contributed by atoms with van der Waals surface area (Å²) >= 11 is 1.70. The van der Waals surface area contributed by atoms with Crippen LogP contribution in [0.4, 0.5) is 11.4 Å². The van der Waals surface area contributed by atoms with Gasteiger partial charge in [-0.05, 0) is 47.0 Å². The van der Waals surface area contributed by atoms with E-state index in [0.29, 0.717) is 11.3 Å². The van der Waals surface area contributed by atoms with Crippen LogP contribution in [0.15, 0.2) is 35.0 Å². The van der Waals surface area contributed by atoms with Gasteiger partial charge in [0.1, 0.15) is 6.07 Å². The van der Waals surface area contributed by atoms with E-state index in [1.54, 1.807) is 23.5 Å². The second kappa shape index (κ2) is 5.37. The van der Waals surface area contributed by atoms with Crippen molar-refractivity contribution in [2.75, 3.05) is 17.6 Å². The van der Waals surface area contributed by atoms with Gasteiger partial charge in [-0.15, -0.1) is 0 Å². The van der Waals surface area contributed by atoms with Crippen molar-refractivity contribution >= 4 is 22.7 Å². The Morgan fingerprint density at radius 1 is 1.35 bits per heavy atom. The maximum absolute atomic E-state index is 8.98. The SMILES string of the molecule is N#Cc1cc(N)ccc1NCCc1ccsc1. The number of hydrogen-bond acceptors (Lipinski definition) is 4. The summed E-state index contributed by atoms with van der Waals surface area (Å²) in [6.07, 6.45) is 0.957. The van der Waals surface area contributed by atoms with E-state index in [1.165, 1.54) is 5.56 Å². The molecule has 1 aromatic carbocycles. The number of benzene rings is 1. The molecule has 2 rings (SSSR count). The average molecular weight is 243 g/mol. The van der Waals surface area contributed by atoms with Crippen LogP contribution in [0.5, 0.6) is 0 Å². The zero-order valence-electron chi connectivity index (χ0n) is 9.31. The lowest BCUT2D eigenvalue weighted by atomic mass is 10.1. The van der Waals surface area contributed by atoms with Crippen molar-refractivity contribution in [2.45, 2.75) is 6.42 Å². The summed E-state index contributed by atoms with van der Waals surface area (Å²) in [7, 11) is 0. The fraction of sp³-hybridized carbons (Fsp3) is 0.154. The van der Waals surface area contributed by atoms with Crippen LogP contribution in [0.25, 0.3) is 0 Å². The minimum Gasteiger partial charge on any atom is -0.399 e. The molecule has 0 atom stereocenters. The van der Waals surface area contributed by atoms with Gasteiger partial charge in [0.05, 0.1) is 11.3 Å². The molecule has 0 radical (unpaired) electrons. The van der Waals surface area contributed by atoms with Gasteiger partial charge in [0.2, 0.25) is 0 Å². The highest BCUT2D eigenvalue weighted by Gasteiger charge is 2.01. The molecule has 1 aromatic heterocycles. The number of hydrogen-bond donors (Lipinski definition) is 2. The first-order valence-electron chi connectivity index (χ1n) is 5.34.